The molecule has 0 aliphatic carbocycles. The molecule has 2 nitrogen and oxygen atoms in total. The van der Waals surface area contributed by atoms with Crippen molar-refractivity contribution in [1.29, 1.82) is 0 Å². The molecule has 0 saturated heterocycles. The molecule has 10 heavy (non-hydrogen) atoms. The molecule has 62 valence electrons. The van der Waals surface area contributed by atoms with Crippen LogP contribution < -0.4 is 0 Å². The summed E-state index contributed by atoms with van der Waals surface area (Å²) in [5.74, 6) is 0.781. The van der Waals surface area contributed by atoms with E-state index in [1.54, 1.807) is 0 Å². The van der Waals surface area contributed by atoms with E-state index in [1.165, 1.54) is 0 Å². The van der Waals surface area contributed by atoms with Gasteiger partial charge in [-0.2, -0.15) is 0 Å². The highest BCUT2D eigenvalue weighted by molar-refractivity contribution is 14.2. The summed E-state index contributed by atoms with van der Waals surface area (Å²) in [5, 5.41) is 0. The van der Waals surface area contributed by atoms with Crippen LogP contribution >= 0.6 is 45.2 Å². The Morgan fingerprint density at radius 1 is 1.50 bits per heavy atom. The number of nitrogens with zero attached hydrogens (tertiary/aromatic N) is 1. The van der Waals surface area contributed by atoms with Crippen LogP contribution in [0.1, 0.15) is 0 Å². The van der Waals surface area contributed by atoms with Crippen molar-refractivity contribution in [2.75, 3.05) is 26.4 Å². The van der Waals surface area contributed by atoms with E-state index in [0.29, 0.717) is 0 Å². The van der Waals surface area contributed by atoms with Gasteiger partial charge >= 0.3 is 0 Å². The lowest BCUT2D eigenvalue weighted by atomic mass is 10.7. The quantitative estimate of drug-likeness (QED) is 0.538. The van der Waals surface area contributed by atoms with Crippen LogP contribution in [-0.2, 0) is 10.8 Å². The Kier molecular flexibility index (Phi) is 7.09. The molecule has 0 rings (SSSR count). The third kappa shape index (κ3) is 6.29. The van der Waals surface area contributed by atoms with Gasteiger partial charge in [-0.3, -0.25) is 4.21 Å². The molecule has 0 bridgehead atoms. The maximum absolute atomic E-state index is 11.1. The molecule has 5 heteroatoms. The SMILES string of the molecule is CN(C)CCS(=O)C(I)I. The molecule has 0 N–H and O–H groups in total. The Morgan fingerprint density at radius 2 is 2.00 bits per heavy atom. The Bertz CT molecular complexity index is 118. The first-order chi connectivity index (χ1) is 4.54. The summed E-state index contributed by atoms with van der Waals surface area (Å²) in [6, 6.07) is 0. The molecule has 0 radical (unpaired) electrons. The van der Waals surface area contributed by atoms with E-state index in [-0.39, 0.29) is 1.26 Å². The monoisotopic (exact) mass is 387 g/mol. The van der Waals surface area contributed by atoms with E-state index >= 15 is 0 Å². The van der Waals surface area contributed by atoms with Gasteiger partial charge in [0.2, 0.25) is 0 Å². The minimum Gasteiger partial charge on any atom is -0.308 e. The maximum atomic E-state index is 11.1. The second kappa shape index (κ2) is 6.13. The molecule has 0 spiro atoms. The third-order valence-corrected chi connectivity index (χ3v) is 5.32. The van der Waals surface area contributed by atoms with Gasteiger partial charge in [0.25, 0.3) is 0 Å². The van der Waals surface area contributed by atoms with Gasteiger partial charge in [-0.1, -0.05) is 45.2 Å². The molecule has 1 atom stereocenters. The van der Waals surface area contributed by atoms with Crippen LogP contribution in [0.2, 0.25) is 0 Å². The Morgan fingerprint density at radius 3 is 2.30 bits per heavy atom. The number of hydrogen-bond donors (Lipinski definition) is 0. The molecule has 0 aromatic carbocycles. The summed E-state index contributed by atoms with van der Waals surface area (Å²) in [6.07, 6.45) is 0. The smallest absolute Gasteiger partial charge is 0.137 e. The van der Waals surface area contributed by atoms with Crippen molar-refractivity contribution < 1.29 is 4.21 Å². The lowest BCUT2D eigenvalue weighted by Gasteiger charge is -2.08. The molecule has 0 aromatic rings. The lowest BCUT2D eigenvalue weighted by molar-refractivity contribution is 0.435. The summed E-state index contributed by atoms with van der Waals surface area (Å²) < 4.78 is 11.4. The van der Waals surface area contributed by atoms with Crippen molar-refractivity contribution in [2.24, 2.45) is 0 Å². The number of hydrogen-bond acceptors (Lipinski definition) is 2. The predicted octanol–water partition coefficient (Wildman–Crippen LogP) is 1.45. The molecule has 0 fully saturated rings. The first-order valence-corrected chi connectivity index (χ1v) is 6.71. The first kappa shape index (κ1) is 11.6. The van der Waals surface area contributed by atoms with Crippen molar-refractivity contribution >= 4 is 56.0 Å². The van der Waals surface area contributed by atoms with Gasteiger partial charge in [0.1, 0.15) is 1.26 Å². The van der Waals surface area contributed by atoms with Crippen molar-refractivity contribution in [1.82, 2.24) is 4.90 Å². The van der Waals surface area contributed by atoms with Crippen LogP contribution in [0, 0.1) is 0 Å². The minimum atomic E-state index is -0.661. The summed E-state index contributed by atoms with van der Waals surface area (Å²) in [4.78, 5) is 2.05. The summed E-state index contributed by atoms with van der Waals surface area (Å²) >= 11 is 4.37. The highest BCUT2D eigenvalue weighted by Gasteiger charge is 2.07. The van der Waals surface area contributed by atoms with Gasteiger partial charge in [-0.05, 0) is 14.1 Å². The van der Waals surface area contributed by atoms with Gasteiger partial charge < -0.3 is 4.90 Å². The largest absolute Gasteiger partial charge is 0.308 e. The molecule has 1 unspecified atom stereocenters. The molecular weight excluding hydrogens is 376 g/mol. The molecule has 0 amide bonds. The minimum absolute atomic E-state index is 0.246. The number of rotatable bonds is 4. The number of alkyl halides is 2. The highest BCUT2D eigenvalue weighted by Crippen LogP contribution is 2.14. The molecule has 0 saturated carbocycles. The van der Waals surface area contributed by atoms with Gasteiger partial charge in [0.15, 0.2) is 0 Å². The van der Waals surface area contributed by atoms with Gasteiger partial charge in [0.05, 0.1) is 0 Å². The van der Waals surface area contributed by atoms with E-state index in [9.17, 15) is 4.21 Å². The second-order valence-corrected chi connectivity index (χ2v) is 10.4. The number of halogens is 2. The zero-order chi connectivity index (χ0) is 8.15. The average molecular weight is 387 g/mol. The van der Waals surface area contributed by atoms with E-state index in [4.69, 9.17) is 0 Å². The van der Waals surface area contributed by atoms with Crippen LogP contribution in [0.25, 0.3) is 0 Å². The van der Waals surface area contributed by atoms with E-state index in [1.807, 2.05) is 19.0 Å². The molecule has 0 aliphatic rings. The van der Waals surface area contributed by atoms with Gasteiger partial charge in [-0.25, -0.2) is 0 Å². The van der Waals surface area contributed by atoms with Crippen molar-refractivity contribution in [3.8, 4) is 0 Å². The Hall–Kier alpha value is 1.57. The normalized spacial score (nSPS) is 14.6. The second-order valence-electron chi connectivity index (χ2n) is 2.15. The molecule has 0 aromatic heterocycles. The zero-order valence-electron chi connectivity index (χ0n) is 6.01. The van der Waals surface area contributed by atoms with Crippen LogP contribution in [0.3, 0.4) is 0 Å². The molecular formula is C5H11I2NOS. The van der Waals surface area contributed by atoms with Gasteiger partial charge in [-0.15, -0.1) is 0 Å². The van der Waals surface area contributed by atoms with Crippen LogP contribution in [0.15, 0.2) is 0 Å². The van der Waals surface area contributed by atoms with E-state index in [2.05, 4.69) is 45.2 Å². The third-order valence-electron chi connectivity index (χ3n) is 0.938. The molecule has 0 aliphatic heterocycles. The lowest BCUT2D eigenvalue weighted by Crippen LogP contribution is -2.20. The summed E-state index contributed by atoms with van der Waals surface area (Å²) in [6.45, 7) is 0.912. The summed E-state index contributed by atoms with van der Waals surface area (Å²) in [7, 11) is 3.32. The van der Waals surface area contributed by atoms with Crippen LogP contribution in [0.5, 0.6) is 0 Å². The van der Waals surface area contributed by atoms with Crippen molar-refractivity contribution in [2.45, 2.75) is 1.26 Å². The van der Waals surface area contributed by atoms with Crippen molar-refractivity contribution in [3.63, 3.8) is 0 Å². The van der Waals surface area contributed by atoms with Crippen molar-refractivity contribution in [3.05, 3.63) is 0 Å². The standard InChI is InChI=1S/C5H11I2NOS/c1-8(2)3-4-10(9)5(6)7/h5H,3-4H2,1-2H3. The average Bonchev–Trinajstić information content (AvgIpc) is 1.82. The fourth-order valence-corrected chi connectivity index (χ4v) is 2.61. The predicted molar refractivity (Wildman–Crippen MR) is 63.4 cm³/mol. The zero-order valence-corrected chi connectivity index (χ0v) is 11.1. The fourth-order valence-electron chi connectivity index (χ4n) is 0.362. The Balaban J connectivity index is 3.40. The van der Waals surface area contributed by atoms with Crippen LogP contribution in [-0.4, -0.2) is 36.8 Å². The fraction of sp³-hybridized carbons (Fsp3) is 1.00. The first-order valence-electron chi connectivity index (χ1n) is 2.84. The van der Waals surface area contributed by atoms with E-state index < -0.39 is 10.8 Å². The summed E-state index contributed by atoms with van der Waals surface area (Å²) in [5.41, 5.74) is 0. The van der Waals surface area contributed by atoms with E-state index in [0.717, 1.165) is 12.3 Å². The topological polar surface area (TPSA) is 20.3 Å². The highest BCUT2D eigenvalue weighted by atomic mass is 127. The van der Waals surface area contributed by atoms with Gasteiger partial charge in [0, 0.05) is 23.1 Å². The maximum Gasteiger partial charge on any atom is 0.137 e. The van der Waals surface area contributed by atoms with Crippen LogP contribution in [0.4, 0.5) is 0 Å². The Labute approximate surface area is 91.9 Å². The molecule has 0 heterocycles.